The zero-order chi connectivity index (χ0) is 15.1. The summed E-state index contributed by atoms with van der Waals surface area (Å²) >= 11 is 6.07. The third kappa shape index (κ3) is 2.00. The highest BCUT2D eigenvalue weighted by atomic mass is 35.5. The van der Waals surface area contributed by atoms with E-state index in [-0.39, 0.29) is 0 Å². The minimum absolute atomic E-state index is 0.658. The molecule has 0 saturated heterocycles. The summed E-state index contributed by atoms with van der Waals surface area (Å²) in [7, 11) is 0. The Bertz CT molecular complexity index is 1010. The Morgan fingerprint density at radius 2 is 1.59 bits per heavy atom. The summed E-state index contributed by atoms with van der Waals surface area (Å²) in [5.41, 5.74) is 1.59. The molecule has 3 heteroatoms. The van der Waals surface area contributed by atoms with Gasteiger partial charge in [0, 0.05) is 11.1 Å². The first-order chi connectivity index (χ1) is 10.7. The van der Waals surface area contributed by atoms with Crippen molar-refractivity contribution in [3.63, 3.8) is 0 Å². The van der Waals surface area contributed by atoms with Crippen molar-refractivity contribution in [3.05, 3.63) is 83.2 Å². The van der Waals surface area contributed by atoms with Gasteiger partial charge in [-0.3, -0.25) is 0 Å². The van der Waals surface area contributed by atoms with Crippen LogP contribution in [0, 0.1) is 5.21 Å². The minimum Gasteiger partial charge on any atom is -0.618 e. The van der Waals surface area contributed by atoms with Crippen LogP contribution in [0.25, 0.3) is 32.8 Å². The van der Waals surface area contributed by atoms with Crippen molar-refractivity contribution in [2.45, 2.75) is 0 Å². The Labute approximate surface area is 132 Å². The molecule has 0 spiro atoms. The highest BCUT2D eigenvalue weighted by Crippen LogP contribution is 2.32. The molecule has 0 radical (unpaired) electrons. The number of hydrogen-bond donors (Lipinski definition) is 0. The summed E-state index contributed by atoms with van der Waals surface area (Å²) in [5, 5.41) is 17.2. The smallest absolute Gasteiger partial charge is 0.232 e. The van der Waals surface area contributed by atoms with E-state index in [9.17, 15) is 5.21 Å². The van der Waals surface area contributed by atoms with Gasteiger partial charge in [-0.25, -0.2) is 0 Å². The van der Waals surface area contributed by atoms with Crippen LogP contribution in [-0.2, 0) is 0 Å². The molecule has 0 saturated carbocycles. The van der Waals surface area contributed by atoms with Gasteiger partial charge in [0.05, 0.1) is 10.9 Å². The van der Waals surface area contributed by atoms with Gasteiger partial charge in [0.1, 0.15) is 0 Å². The molecule has 0 atom stereocenters. The van der Waals surface area contributed by atoms with Crippen LogP contribution >= 0.6 is 11.6 Å². The molecule has 0 aliphatic rings. The Morgan fingerprint density at radius 3 is 2.50 bits per heavy atom. The van der Waals surface area contributed by atoms with E-state index in [2.05, 4.69) is 12.1 Å². The molecular weight excluding hydrogens is 294 g/mol. The maximum atomic E-state index is 12.4. The number of pyridine rings is 1. The fraction of sp³-hybridized carbons (Fsp3) is 0. The lowest BCUT2D eigenvalue weighted by Gasteiger charge is -2.10. The third-order valence-electron chi connectivity index (χ3n) is 3.92. The van der Waals surface area contributed by atoms with E-state index in [1.165, 1.54) is 6.20 Å². The van der Waals surface area contributed by atoms with Gasteiger partial charge in [0.15, 0.2) is 6.20 Å². The second-order valence-corrected chi connectivity index (χ2v) is 5.68. The van der Waals surface area contributed by atoms with Crippen LogP contribution in [0.15, 0.2) is 72.9 Å². The van der Waals surface area contributed by atoms with Crippen LogP contribution in [0.4, 0.5) is 0 Å². The zero-order valence-corrected chi connectivity index (χ0v) is 12.4. The van der Waals surface area contributed by atoms with Crippen LogP contribution in [0.1, 0.15) is 0 Å². The van der Waals surface area contributed by atoms with Crippen LogP contribution in [0.3, 0.4) is 0 Å². The number of nitrogens with zero attached hydrogens (tertiary/aromatic N) is 1. The van der Waals surface area contributed by atoms with Crippen LogP contribution in [-0.4, -0.2) is 0 Å². The van der Waals surface area contributed by atoms with Crippen molar-refractivity contribution in [2.24, 2.45) is 0 Å². The molecule has 22 heavy (non-hydrogen) atoms. The van der Waals surface area contributed by atoms with Gasteiger partial charge in [-0.05, 0) is 40.4 Å². The Kier molecular flexibility index (Phi) is 2.98. The van der Waals surface area contributed by atoms with Crippen LogP contribution in [0.5, 0.6) is 0 Å². The lowest BCUT2D eigenvalue weighted by molar-refractivity contribution is -0.592. The average molecular weight is 306 g/mol. The highest BCUT2D eigenvalue weighted by Gasteiger charge is 2.16. The van der Waals surface area contributed by atoms with E-state index in [0.29, 0.717) is 10.7 Å². The van der Waals surface area contributed by atoms with Crippen molar-refractivity contribution in [1.29, 1.82) is 0 Å². The molecule has 4 aromatic rings. The van der Waals surface area contributed by atoms with Crippen LogP contribution in [0.2, 0.25) is 5.02 Å². The molecule has 0 N–H and O–H groups in total. The van der Waals surface area contributed by atoms with Gasteiger partial charge in [-0.2, -0.15) is 4.73 Å². The number of halogens is 1. The van der Waals surface area contributed by atoms with Gasteiger partial charge in [0.25, 0.3) is 0 Å². The Morgan fingerprint density at radius 1 is 0.773 bits per heavy atom. The highest BCUT2D eigenvalue weighted by molar-refractivity contribution is 6.31. The van der Waals surface area contributed by atoms with Crippen molar-refractivity contribution >= 4 is 33.1 Å². The number of aromatic nitrogens is 1. The number of hydrogen-bond acceptors (Lipinski definition) is 1. The van der Waals surface area contributed by atoms with Gasteiger partial charge in [-0.1, -0.05) is 48.0 Å². The van der Waals surface area contributed by atoms with E-state index >= 15 is 0 Å². The molecule has 3 aromatic carbocycles. The largest absolute Gasteiger partial charge is 0.618 e. The summed E-state index contributed by atoms with van der Waals surface area (Å²) in [6, 6.07) is 21.5. The summed E-state index contributed by atoms with van der Waals surface area (Å²) in [6.45, 7) is 0. The lowest BCUT2D eigenvalue weighted by Crippen LogP contribution is -2.28. The van der Waals surface area contributed by atoms with E-state index in [1.54, 1.807) is 6.07 Å². The first kappa shape index (κ1) is 13.1. The van der Waals surface area contributed by atoms with Crippen molar-refractivity contribution in [1.82, 2.24) is 0 Å². The molecule has 0 fully saturated rings. The number of rotatable bonds is 1. The predicted molar refractivity (Wildman–Crippen MR) is 90.9 cm³/mol. The van der Waals surface area contributed by atoms with Crippen molar-refractivity contribution in [3.8, 4) is 11.3 Å². The summed E-state index contributed by atoms with van der Waals surface area (Å²) in [5.74, 6) is 0. The lowest BCUT2D eigenvalue weighted by atomic mass is 9.98. The standard InChI is InChI=1S/C19H12ClNO/c20-15-8-9-17-14(12-15)10-11-21(22)19(17)18-7-3-5-13-4-1-2-6-16(13)18/h1-12H. The van der Waals surface area contributed by atoms with E-state index in [0.717, 1.165) is 31.8 Å². The maximum absolute atomic E-state index is 12.4. The summed E-state index contributed by atoms with van der Waals surface area (Å²) in [6.07, 6.45) is 1.54. The topological polar surface area (TPSA) is 26.9 Å². The molecular formula is C19H12ClNO. The molecule has 106 valence electrons. The molecule has 4 rings (SSSR count). The first-order valence-corrected chi connectivity index (χ1v) is 7.41. The molecule has 0 amide bonds. The molecule has 0 unspecified atom stereocenters. The summed E-state index contributed by atoms with van der Waals surface area (Å²) in [4.78, 5) is 0. The fourth-order valence-electron chi connectivity index (χ4n) is 2.92. The quantitative estimate of drug-likeness (QED) is 0.361. The van der Waals surface area contributed by atoms with Gasteiger partial charge < -0.3 is 5.21 Å². The van der Waals surface area contributed by atoms with Crippen molar-refractivity contribution < 1.29 is 4.73 Å². The summed E-state index contributed by atoms with van der Waals surface area (Å²) < 4.78 is 0.929. The second kappa shape index (κ2) is 5.00. The fourth-order valence-corrected chi connectivity index (χ4v) is 3.10. The van der Waals surface area contributed by atoms with Crippen molar-refractivity contribution in [2.75, 3.05) is 0 Å². The van der Waals surface area contributed by atoms with Gasteiger partial charge in [-0.15, -0.1) is 0 Å². The SMILES string of the molecule is [O-][n+]1ccc2cc(Cl)ccc2c1-c1cccc2ccccc12. The second-order valence-electron chi connectivity index (χ2n) is 5.25. The molecule has 1 heterocycles. The molecule has 0 bridgehead atoms. The van der Waals surface area contributed by atoms with Crippen LogP contribution < -0.4 is 4.73 Å². The van der Waals surface area contributed by atoms with E-state index in [4.69, 9.17) is 11.6 Å². The number of fused-ring (bicyclic) bond motifs is 2. The predicted octanol–water partition coefficient (Wildman–Crippen LogP) is 4.95. The van der Waals surface area contributed by atoms with Gasteiger partial charge in [0.2, 0.25) is 5.69 Å². The molecule has 2 nitrogen and oxygen atoms in total. The minimum atomic E-state index is 0.658. The van der Waals surface area contributed by atoms with E-state index < -0.39 is 0 Å². The normalized spacial score (nSPS) is 11.1. The Balaban J connectivity index is 2.14. The Hall–Kier alpha value is -2.58. The maximum Gasteiger partial charge on any atom is 0.232 e. The zero-order valence-electron chi connectivity index (χ0n) is 11.7. The molecule has 1 aromatic heterocycles. The van der Waals surface area contributed by atoms with E-state index in [1.807, 2.05) is 48.5 Å². The third-order valence-corrected chi connectivity index (χ3v) is 4.16. The first-order valence-electron chi connectivity index (χ1n) is 7.03. The average Bonchev–Trinajstić information content (AvgIpc) is 2.55. The number of benzene rings is 3. The molecule has 0 aliphatic heterocycles. The molecule has 0 aliphatic carbocycles. The van der Waals surface area contributed by atoms with Gasteiger partial charge >= 0.3 is 0 Å². The monoisotopic (exact) mass is 305 g/mol.